The molecule has 2 heterocycles. The molecule has 0 spiro atoms. The number of rotatable bonds is 4. The van der Waals surface area contributed by atoms with Crippen LogP contribution in [0.25, 0.3) is 0 Å². The normalized spacial score (nSPS) is 10.2. The molecule has 78 valence electrons. The van der Waals surface area contributed by atoms with Gasteiger partial charge in [-0.3, -0.25) is 0 Å². The van der Waals surface area contributed by atoms with Crippen LogP contribution in [0, 0.1) is 0 Å². The Morgan fingerprint density at radius 2 is 2.27 bits per heavy atom. The molecule has 0 aromatic carbocycles. The van der Waals surface area contributed by atoms with Crippen LogP contribution >= 0.6 is 0 Å². The van der Waals surface area contributed by atoms with Crippen molar-refractivity contribution in [1.29, 1.82) is 0 Å². The van der Waals surface area contributed by atoms with Crippen molar-refractivity contribution >= 4 is 5.82 Å². The van der Waals surface area contributed by atoms with Crippen molar-refractivity contribution in [3.05, 3.63) is 36.8 Å². The zero-order valence-corrected chi connectivity index (χ0v) is 8.59. The minimum absolute atomic E-state index is 0.821. The maximum Gasteiger partial charge on any atom is 0.129 e. The summed E-state index contributed by atoms with van der Waals surface area (Å²) in [5, 5.41) is 3.21. The van der Waals surface area contributed by atoms with Crippen molar-refractivity contribution in [2.75, 3.05) is 11.9 Å². The molecule has 2 aromatic rings. The van der Waals surface area contributed by atoms with Gasteiger partial charge in [0, 0.05) is 38.6 Å². The smallest absolute Gasteiger partial charge is 0.129 e. The second kappa shape index (κ2) is 4.54. The lowest BCUT2D eigenvalue weighted by atomic mass is 10.4. The molecule has 0 fully saturated rings. The van der Waals surface area contributed by atoms with Gasteiger partial charge in [0.2, 0.25) is 0 Å². The molecule has 0 bridgehead atoms. The van der Waals surface area contributed by atoms with Crippen LogP contribution in [0.15, 0.2) is 31.0 Å². The summed E-state index contributed by atoms with van der Waals surface area (Å²) in [5.41, 5.74) is 0. The molecule has 5 nitrogen and oxygen atoms in total. The molecular formula is C10H13N5. The predicted octanol–water partition coefficient (Wildman–Crippen LogP) is 0.865. The van der Waals surface area contributed by atoms with Crippen molar-refractivity contribution in [3.8, 4) is 0 Å². The molecule has 2 aromatic heterocycles. The van der Waals surface area contributed by atoms with Gasteiger partial charge in [-0.2, -0.15) is 0 Å². The average Bonchev–Trinajstić information content (AvgIpc) is 2.66. The average molecular weight is 203 g/mol. The van der Waals surface area contributed by atoms with Gasteiger partial charge < -0.3 is 9.88 Å². The van der Waals surface area contributed by atoms with Crippen molar-refractivity contribution < 1.29 is 0 Å². The number of imidazole rings is 1. The largest absolute Gasteiger partial charge is 0.370 e. The van der Waals surface area contributed by atoms with Crippen molar-refractivity contribution in [2.45, 2.75) is 6.42 Å². The van der Waals surface area contributed by atoms with Gasteiger partial charge in [-0.15, -0.1) is 0 Å². The molecular weight excluding hydrogens is 190 g/mol. The fourth-order valence-corrected chi connectivity index (χ4v) is 1.34. The first-order valence-electron chi connectivity index (χ1n) is 4.82. The molecule has 0 aliphatic carbocycles. The summed E-state index contributed by atoms with van der Waals surface area (Å²) in [7, 11) is 1.99. The Morgan fingerprint density at radius 1 is 1.33 bits per heavy atom. The first-order chi connectivity index (χ1) is 7.36. The van der Waals surface area contributed by atoms with Crippen LogP contribution in [-0.2, 0) is 13.5 Å². The van der Waals surface area contributed by atoms with Gasteiger partial charge in [0.25, 0.3) is 0 Å². The Balaban J connectivity index is 1.83. The Labute approximate surface area is 88.2 Å². The first-order valence-corrected chi connectivity index (χ1v) is 4.82. The summed E-state index contributed by atoms with van der Waals surface area (Å²) in [4.78, 5) is 12.2. The fourth-order valence-electron chi connectivity index (χ4n) is 1.34. The van der Waals surface area contributed by atoms with Crippen molar-refractivity contribution in [2.24, 2.45) is 7.05 Å². The number of hydrogen-bond donors (Lipinski definition) is 1. The van der Waals surface area contributed by atoms with Crippen LogP contribution in [0.1, 0.15) is 5.82 Å². The van der Waals surface area contributed by atoms with E-state index in [1.165, 1.54) is 6.33 Å². The van der Waals surface area contributed by atoms with E-state index in [4.69, 9.17) is 0 Å². The quantitative estimate of drug-likeness (QED) is 0.801. The third kappa shape index (κ3) is 2.52. The Kier molecular flexibility index (Phi) is 2.92. The minimum Gasteiger partial charge on any atom is -0.370 e. The second-order valence-electron chi connectivity index (χ2n) is 3.23. The third-order valence-corrected chi connectivity index (χ3v) is 2.16. The van der Waals surface area contributed by atoms with Crippen LogP contribution < -0.4 is 5.32 Å². The lowest BCUT2D eigenvalue weighted by Gasteiger charge is -2.04. The van der Waals surface area contributed by atoms with Gasteiger partial charge in [-0.1, -0.05) is 0 Å². The molecule has 1 N–H and O–H groups in total. The summed E-state index contributed by atoms with van der Waals surface area (Å²) in [5.74, 6) is 1.91. The highest BCUT2D eigenvalue weighted by atomic mass is 15.0. The van der Waals surface area contributed by atoms with Gasteiger partial charge in [0.15, 0.2) is 0 Å². The molecule has 2 rings (SSSR count). The minimum atomic E-state index is 0.821. The summed E-state index contributed by atoms with van der Waals surface area (Å²) in [6, 6.07) is 1.85. The standard InChI is InChI=1S/C10H13N5/c1-15-7-6-13-10(15)3-5-12-9-2-4-11-8-14-9/h2,4,6-8H,3,5H2,1H3,(H,11,12,14). The lowest BCUT2D eigenvalue weighted by molar-refractivity contribution is 0.788. The number of anilines is 1. The van der Waals surface area contributed by atoms with Gasteiger partial charge in [0.05, 0.1) is 0 Å². The lowest BCUT2D eigenvalue weighted by Crippen LogP contribution is -2.09. The van der Waals surface area contributed by atoms with Crippen LogP contribution in [0.4, 0.5) is 5.82 Å². The van der Waals surface area contributed by atoms with E-state index >= 15 is 0 Å². The van der Waals surface area contributed by atoms with E-state index in [1.54, 1.807) is 12.4 Å². The topological polar surface area (TPSA) is 55.6 Å². The number of aryl methyl sites for hydroxylation is 1. The molecule has 0 amide bonds. The monoisotopic (exact) mass is 203 g/mol. The van der Waals surface area contributed by atoms with E-state index in [9.17, 15) is 0 Å². The number of hydrogen-bond acceptors (Lipinski definition) is 4. The van der Waals surface area contributed by atoms with Crippen LogP contribution in [0.3, 0.4) is 0 Å². The summed E-state index contributed by atoms with van der Waals surface area (Å²) >= 11 is 0. The molecule has 5 heteroatoms. The second-order valence-corrected chi connectivity index (χ2v) is 3.23. The number of nitrogens with zero attached hydrogens (tertiary/aromatic N) is 4. The van der Waals surface area contributed by atoms with Crippen molar-refractivity contribution in [3.63, 3.8) is 0 Å². The highest BCUT2D eigenvalue weighted by Gasteiger charge is 1.98. The Morgan fingerprint density at radius 3 is 2.93 bits per heavy atom. The van der Waals surface area contributed by atoms with E-state index in [1.807, 2.05) is 23.9 Å². The number of aromatic nitrogens is 4. The Bertz CT molecular complexity index is 409. The van der Waals surface area contributed by atoms with E-state index < -0.39 is 0 Å². The number of nitrogens with one attached hydrogen (secondary N) is 1. The van der Waals surface area contributed by atoms with Gasteiger partial charge in [-0.05, 0) is 6.07 Å². The van der Waals surface area contributed by atoms with E-state index in [0.29, 0.717) is 0 Å². The molecule has 0 atom stereocenters. The maximum atomic E-state index is 4.24. The molecule has 0 aliphatic heterocycles. The van der Waals surface area contributed by atoms with E-state index in [-0.39, 0.29) is 0 Å². The first kappa shape index (κ1) is 9.64. The summed E-state index contributed by atoms with van der Waals surface area (Å²) in [6.07, 6.45) is 7.88. The highest BCUT2D eigenvalue weighted by molar-refractivity contribution is 5.31. The zero-order chi connectivity index (χ0) is 10.5. The SMILES string of the molecule is Cn1ccnc1CCNc1ccncn1. The third-order valence-electron chi connectivity index (χ3n) is 2.16. The van der Waals surface area contributed by atoms with Crippen LogP contribution in [-0.4, -0.2) is 26.1 Å². The fraction of sp³-hybridized carbons (Fsp3) is 0.300. The molecule has 0 unspecified atom stereocenters. The van der Waals surface area contributed by atoms with Gasteiger partial charge in [0.1, 0.15) is 18.0 Å². The molecule has 0 saturated heterocycles. The van der Waals surface area contributed by atoms with E-state index in [0.717, 1.165) is 24.6 Å². The van der Waals surface area contributed by atoms with Crippen LogP contribution in [0.2, 0.25) is 0 Å². The summed E-state index contributed by atoms with van der Waals surface area (Å²) in [6.45, 7) is 0.821. The molecule has 0 aliphatic rings. The zero-order valence-electron chi connectivity index (χ0n) is 8.59. The maximum absolute atomic E-state index is 4.24. The van der Waals surface area contributed by atoms with Crippen molar-refractivity contribution in [1.82, 2.24) is 19.5 Å². The molecule has 0 radical (unpaired) electrons. The van der Waals surface area contributed by atoms with E-state index in [2.05, 4.69) is 20.3 Å². The predicted molar refractivity (Wildman–Crippen MR) is 57.4 cm³/mol. The van der Waals surface area contributed by atoms with Gasteiger partial charge >= 0.3 is 0 Å². The van der Waals surface area contributed by atoms with Gasteiger partial charge in [-0.25, -0.2) is 15.0 Å². The molecule has 15 heavy (non-hydrogen) atoms. The van der Waals surface area contributed by atoms with Crippen LogP contribution in [0.5, 0.6) is 0 Å². The Hall–Kier alpha value is -1.91. The summed E-state index contributed by atoms with van der Waals surface area (Å²) < 4.78 is 2.02. The molecule has 0 saturated carbocycles. The highest BCUT2D eigenvalue weighted by Crippen LogP contribution is 1.99.